The van der Waals surface area contributed by atoms with Crippen LogP contribution in [0.25, 0.3) is 0 Å². The van der Waals surface area contributed by atoms with Crippen LogP contribution in [0, 0.1) is 17.3 Å². The van der Waals surface area contributed by atoms with Crippen LogP contribution in [0.4, 0.5) is 13.2 Å². The zero-order valence-electron chi connectivity index (χ0n) is 16.4. The lowest BCUT2D eigenvalue weighted by molar-refractivity contribution is -0.192. The number of amides is 1. The number of fused-ring (bicyclic) bond motifs is 1. The fourth-order valence-corrected chi connectivity index (χ4v) is 3.78. The lowest BCUT2D eigenvalue weighted by Crippen LogP contribution is -2.37. The van der Waals surface area contributed by atoms with Crippen LogP contribution in [0.15, 0.2) is 24.5 Å². The van der Waals surface area contributed by atoms with Crippen LogP contribution in [0.5, 0.6) is 0 Å². The van der Waals surface area contributed by atoms with Crippen LogP contribution >= 0.6 is 0 Å². The smallest absolute Gasteiger partial charge is 0.475 e. The van der Waals surface area contributed by atoms with Crippen molar-refractivity contribution in [2.75, 3.05) is 32.9 Å². The van der Waals surface area contributed by atoms with Crippen LogP contribution in [-0.2, 0) is 25.7 Å². The van der Waals surface area contributed by atoms with E-state index in [0.29, 0.717) is 37.6 Å². The van der Waals surface area contributed by atoms with E-state index < -0.39 is 12.1 Å². The van der Waals surface area contributed by atoms with E-state index in [4.69, 9.17) is 19.4 Å². The number of alkyl halides is 3. The predicted octanol–water partition coefficient (Wildman–Crippen LogP) is 2.51. The first-order chi connectivity index (χ1) is 14.2. The molecule has 1 N–H and O–H groups in total. The Balaban J connectivity index is 0.000000318. The van der Waals surface area contributed by atoms with Gasteiger partial charge in [-0.2, -0.15) is 13.2 Å². The second-order valence-electron chi connectivity index (χ2n) is 8.15. The Morgan fingerprint density at radius 3 is 2.70 bits per heavy atom. The SMILES string of the molecule is O=C(CC1CC1)N1C[C@@H]2COC[C@]2(COCc2cccnc2)C1.O=C(O)C(F)(F)F. The Morgan fingerprint density at radius 2 is 2.10 bits per heavy atom. The molecule has 3 fully saturated rings. The van der Waals surface area contributed by atoms with Crippen LogP contribution in [0.1, 0.15) is 24.8 Å². The standard InChI is InChI=1S/C18H24N2O3.C2HF3O2/c21-17(6-14-3-4-14)20-8-16-10-23-13-18(16,11-20)12-22-9-15-2-1-5-19-7-15;3-2(4,5)1(6)7/h1-2,5,7,14,16H,3-4,6,8-13H2;(H,6,7)/t16-,18-;/m1./s1. The number of carboxylic acid groups (broad SMARTS) is 1. The molecule has 2 saturated heterocycles. The Hall–Kier alpha value is -2.20. The highest BCUT2D eigenvalue weighted by Gasteiger charge is 2.52. The van der Waals surface area contributed by atoms with Gasteiger partial charge in [-0.05, 0) is 30.4 Å². The van der Waals surface area contributed by atoms with Crippen LogP contribution in [-0.4, -0.2) is 66.0 Å². The lowest BCUT2D eigenvalue weighted by atomic mass is 9.82. The first-order valence-corrected chi connectivity index (χ1v) is 9.82. The van der Waals surface area contributed by atoms with Crippen molar-refractivity contribution in [2.45, 2.75) is 32.0 Å². The van der Waals surface area contributed by atoms with Crippen molar-refractivity contribution in [1.82, 2.24) is 9.88 Å². The number of rotatable bonds is 6. The van der Waals surface area contributed by atoms with E-state index in [0.717, 1.165) is 31.7 Å². The molecule has 0 radical (unpaired) electrons. The molecule has 0 aromatic carbocycles. The summed E-state index contributed by atoms with van der Waals surface area (Å²) in [5, 5.41) is 7.12. The molecule has 1 aromatic heterocycles. The van der Waals surface area contributed by atoms with Crippen molar-refractivity contribution in [3.05, 3.63) is 30.1 Å². The molecular formula is C20H25F3N2O5. The van der Waals surface area contributed by atoms with Gasteiger partial charge in [0.05, 0.1) is 26.4 Å². The molecule has 7 nitrogen and oxygen atoms in total. The van der Waals surface area contributed by atoms with Crippen molar-refractivity contribution in [1.29, 1.82) is 0 Å². The van der Waals surface area contributed by atoms with Gasteiger partial charge in [0, 0.05) is 43.2 Å². The van der Waals surface area contributed by atoms with Gasteiger partial charge < -0.3 is 19.5 Å². The second-order valence-corrected chi connectivity index (χ2v) is 8.15. The van der Waals surface area contributed by atoms with Crippen molar-refractivity contribution >= 4 is 11.9 Å². The van der Waals surface area contributed by atoms with E-state index in [-0.39, 0.29) is 5.41 Å². The van der Waals surface area contributed by atoms with E-state index in [9.17, 15) is 18.0 Å². The topological polar surface area (TPSA) is 89.0 Å². The highest BCUT2D eigenvalue weighted by atomic mass is 19.4. The zero-order valence-corrected chi connectivity index (χ0v) is 16.4. The number of aromatic nitrogens is 1. The van der Waals surface area contributed by atoms with Gasteiger partial charge in [0.25, 0.3) is 0 Å². The molecule has 30 heavy (non-hydrogen) atoms. The summed E-state index contributed by atoms with van der Waals surface area (Å²) >= 11 is 0. The van der Waals surface area contributed by atoms with Crippen molar-refractivity contribution in [2.24, 2.45) is 17.3 Å². The molecule has 166 valence electrons. The maximum atomic E-state index is 12.4. The number of carbonyl (C=O) groups excluding carboxylic acids is 1. The highest BCUT2D eigenvalue weighted by Crippen LogP contribution is 2.43. The van der Waals surface area contributed by atoms with Crippen molar-refractivity contribution in [3.8, 4) is 0 Å². The summed E-state index contributed by atoms with van der Waals surface area (Å²) in [6.07, 6.45) is 1.71. The first-order valence-electron chi connectivity index (χ1n) is 9.82. The van der Waals surface area contributed by atoms with Gasteiger partial charge in [0.15, 0.2) is 0 Å². The summed E-state index contributed by atoms with van der Waals surface area (Å²) in [4.78, 5) is 27.5. The third-order valence-electron chi connectivity index (χ3n) is 5.66. The number of halogens is 3. The summed E-state index contributed by atoms with van der Waals surface area (Å²) < 4.78 is 43.4. The lowest BCUT2D eigenvalue weighted by Gasteiger charge is -2.27. The van der Waals surface area contributed by atoms with Gasteiger partial charge in [0.2, 0.25) is 5.91 Å². The zero-order chi connectivity index (χ0) is 21.8. The van der Waals surface area contributed by atoms with E-state index >= 15 is 0 Å². The van der Waals surface area contributed by atoms with Gasteiger partial charge in [-0.15, -0.1) is 0 Å². The molecular weight excluding hydrogens is 405 g/mol. The number of pyridine rings is 1. The van der Waals surface area contributed by atoms with Crippen LogP contribution in [0.3, 0.4) is 0 Å². The number of hydrogen-bond donors (Lipinski definition) is 1. The van der Waals surface area contributed by atoms with Crippen LogP contribution < -0.4 is 0 Å². The molecule has 2 aliphatic heterocycles. The third-order valence-corrected chi connectivity index (χ3v) is 5.66. The highest BCUT2D eigenvalue weighted by molar-refractivity contribution is 5.77. The van der Waals surface area contributed by atoms with Gasteiger partial charge >= 0.3 is 12.1 Å². The fourth-order valence-electron chi connectivity index (χ4n) is 3.78. The molecule has 1 aromatic rings. The quantitative estimate of drug-likeness (QED) is 0.746. The summed E-state index contributed by atoms with van der Waals surface area (Å²) in [5.41, 5.74) is 1.07. The molecule has 10 heteroatoms. The Labute approximate surface area is 172 Å². The maximum absolute atomic E-state index is 12.4. The molecule has 1 aliphatic carbocycles. The molecule has 2 atom stereocenters. The molecule has 3 heterocycles. The molecule has 4 rings (SSSR count). The second kappa shape index (κ2) is 9.30. The minimum Gasteiger partial charge on any atom is -0.475 e. The normalized spacial score (nSPS) is 25.4. The van der Waals surface area contributed by atoms with Crippen molar-refractivity contribution < 1.29 is 37.3 Å². The minimum atomic E-state index is -5.08. The summed E-state index contributed by atoms with van der Waals surface area (Å²) in [5.74, 6) is -1.36. The number of carboxylic acids is 1. The summed E-state index contributed by atoms with van der Waals surface area (Å²) in [6, 6.07) is 3.94. The van der Waals surface area contributed by atoms with Gasteiger partial charge in [0.1, 0.15) is 0 Å². The number of likely N-dealkylation sites (tertiary alicyclic amines) is 1. The first kappa shape index (κ1) is 22.5. The minimum absolute atomic E-state index is 0.0125. The van der Waals surface area contributed by atoms with Gasteiger partial charge in [-0.25, -0.2) is 4.79 Å². The van der Waals surface area contributed by atoms with E-state index in [1.807, 2.05) is 18.3 Å². The summed E-state index contributed by atoms with van der Waals surface area (Å²) in [6.45, 7) is 4.30. The van der Waals surface area contributed by atoms with E-state index in [2.05, 4.69) is 9.88 Å². The molecule has 3 aliphatic rings. The largest absolute Gasteiger partial charge is 0.490 e. The Kier molecular flexibility index (Phi) is 6.97. The maximum Gasteiger partial charge on any atom is 0.490 e. The third kappa shape index (κ3) is 5.91. The van der Waals surface area contributed by atoms with Crippen molar-refractivity contribution in [3.63, 3.8) is 0 Å². The number of aliphatic carboxylic acids is 1. The Bertz CT molecular complexity index is 742. The monoisotopic (exact) mass is 430 g/mol. The average molecular weight is 430 g/mol. The average Bonchev–Trinajstić information content (AvgIpc) is 3.30. The molecule has 0 bridgehead atoms. The predicted molar refractivity (Wildman–Crippen MR) is 98.2 cm³/mol. The van der Waals surface area contributed by atoms with Gasteiger partial charge in [-0.3, -0.25) is 9.78 Å². The molecule has 1 saturated carbocycles. The number of ether oxygens (including phenoxy) is 2. The number of carbonyl (C=O) groups is 2. The van der Waals surface area contributed by atoms with Crippen LogP contribution in [0.2, 0.25) is 0 Å². The number of nitrogens with zero attached hydrogens (tertiary/aromatic N) is 2. The van der Waals surface area contributed by atoms with Gasteiger partial charge in [-0.1, -0.05) is 6.07 Å². The molecule has 0 spiro atoms. The van der Waals surface area contributed by atoms with E-state index in [1.54, 1.807) is 6.20 Å². The number of hydrogen-bond acceptors (Lipinski definition) is 5. The molecule has 1 amide bonds. The fraction of sp³-hybridized carbons (Fsp3) is 0.650. The van der Waals surface area contributed by atoms with E-state index in [1.165, 1.54) is 12.8 Å². The Morgan fingerprint density at radius 1 is 1.37 bits per heavy atom. The molecule has 0 unspecified atom stereocenters. The summed E-state index contributed by atoms with van der Waals surface area (Å²) in [7, 11) is 0.